The highest BCUT2D eigenvalue weighted by Crippen LogP contribution is 2.33. The Kier molecular flexibility index (Phi) is 9.15. The number of piperazine rings is 1. The van der Waals surface area contributed by atoms with Crippen molar-refractivity contribution in [1.82, 2.24) is 14.8 Å². The fourth-order valence-electron chi connectivity index (χ4n) is 4.28. The smallest absolute Gasteiger partial charge is 0.292 e. The summed E-state index contributed by atoms with van der Waals surface area (Å²) in [5.41, 5.74) is 3.26. The van der Waals surface area contributed by atoms with Gasteiger partial charge < -0.3 is 9.64 Å². The zero-order chi connectivity index (χ0) is 23.5. The molecule has 6 heteroatoms. The number of benzene rings is 2. The van der Waals surface area contributed by atoms with E-state index >= 15 is 0 Å². The summed E-state index contributed by atoms with van der Waals surface area (Å²) in [6.45, 7) is 4.89. The van der Waals surface area contributed by atoms with Gasteiger partial charge in [-0.1, -0.05) is 67.6 Å². The second-order valence-corrected chi connectivity index (χ2v) is 7.85. The third-order valence-corrected chi connectivity index (χ3v) is 5.85. The molecule has 0 bridgehead atoms. The number of pyridine rings is 1. The largest absolute Gasteiger partial charge is 0.471 e. The highest BCUT2D eigenvalue weighted by atomic mass is 16.5. The van der Waals surface area contributed by atoms with Crippen LogP contribution in [0.25, 0.3) is 0 Å². The predicted molar refractivity (Wildman–Crippen MR) is 129 cm³/mol. The number of amides is 1. The van der Waals surface area contributed by atoms with Crippen LogP contribution in [0.1, 0.15) is 40.9 Å². The van der Waals surface area contributed by atoms with Crippen LogP contribution in [-0.2, 0) is 9.53 Å². The molecule has 0 saturated carbocycles. The van der Waals surface area contributed by atoms with Crippen molar-refractivity contribution in [1.29, 1.82) is 0 Å². The number of hydrogen-bond acceptors (Lipinski definition) is 5. The molecule has 0 spiro atoms. The summed E-state index contributed by atoms with van der Waals surface area (Å²) in [5.74, 6) is 0.0761. The van der Waals surface area contributed by atoms with Crippen LogP contribution in [0.15, 0.2) is 85.2 Å². The number of aromatic nitrogens is 1. The van der Waals surface area contributed by atoms with Crippen molar-refractivity contribution in [2.24, 2.45) is 0 Å². The predicted octanol–water partition coefficient (Wildman–Crippen LogP) is 4.20. The molecule has 1 unspecified atom stereocenters. The van der Waals surface area contributed by atoms with E-state index in [1.165, 1.54) is 18.2 Å². The Balaban J connectivity index is 0.000000709. The monoisotopic (exact) mass is 445 g/mol. The zero-order valence-corrected chi connectivity index (χ0v) is 19.2. The number of hydrogen-bond donors (Lipinski definition) is 0. The SMILES string of the molecule is CCC1CN(C(=O)c2cccnc2)CCN1C(c1ccccc1)c1ccccc1.COC=O. The molecule has 1 fully saturated rings. The molecule has 0 radical (unpaired) electrons. The molecule has 33 heavy (non-hydrogen) atoms. The number of ether oxygens (including phenoxy) is 1. The molecular formula is C27H31N3O3. The molecule has 3 aromatic rings. The first-order valence-corrected chi connectivity index (χ1v) is 11.2. The Morgan fingerprint density at radius 3 is 2.12 bits per heavy atom. The summed E-state index contributed by atoms with van der Waals surface area (Å²) in [4.78, 5) is 30.5. The van der Waals surface area contributed by atoms with Crippen LogP contribution >= 0.6 is 0 Å². The second kappa shape index (κ2) is 12.5. The lowest BCUT2D eigenvalue weighted by Gasteiger charge is -2.45. The van der Waals surface area contributed by atoms with Crippen LogP contribution in [0, 0.1) is 0 Å². The number of carbonyl (C=O) groups excluding carboxylic acids is 2. The van der Waals surface area contributed by atoms with E-state index in [1.54, 1.807) is 12.4 Å². The zero-order valence-electron chi connectivity index (χ0n) is 19.2. The molecular weight excluding hydrogens is 414 g/mol. The van der Waals surface area contributed by atoms with Crippen LogP contribution in [-0.4, -0.2) is 59.9 Å². The van der Waals surface area contributed by atoms with Crippen LogP contribution in [0.2, 0.25) is 0 Å². The summed E-state index contributed by atoms with van der Waals surface area (Å²) in [6, 6.07) is 25.5. The van der Waals surface area contributed by atoms with Crippen molar-refractivity contribution in [3.05, 3.63) is 102 Å². The van der Waals surface area contributed by atoms with Crippen molar-refractivity contribution in [3.8, 4) is 0 Å². The molecule has 1 aliphatic rings. The second-order valence-electron chi connectivity index (χ2n) is 7.85. The highest BCUT2D eigenvalue weighted by molar-refractivity contribution is 5.94. The van der Waals surface area contributed by atoms with Gasteiger partial charge in [-0.2, -0.15) is 0 Å². The Bertz CT molecular complexity index is 944. The number of rotatable bonds is 6. The maximum Gasteiger partial charge on any atom is 0.292 e. The third kappa shape index (κ3) is 6.26. The van der Waals surface area contributed by atoms with E-state index in [4.69, 9.17) is 4.79 Å². The third-order valence-electron chi connectivity index (χ3n) is 5.85. The molecule has 1 atom stereocenters. The minimum Gasteiger partial charge on any atom is -0.471 e. The van der Waals surface area contributed by atoms with Gasteiger partial charge in [0.25, 0.3) is 12.4 Å². The molecule has 0 aliphatic carbocycles. The number of methoxy groups -OCH3 is 1. The molecule has 1 aliphatic heterocycles. The summed E-state index contributed by atoms with van der Waals surface area (Å²) in [6.07, 6.45) is 4.35. The minimum absolute atomic E-state index is 0.0761. The molecule has 2 aromatic carbocycles. The lowest BCUT2D eigenvalue weighted by atomic mass is 9.93. The molecule has 1 aromatic heterocycles. The normalized spacial score (nSPS) is 16.0. The lowest BCUT2D eigenvalue weighted by molar-refractivity contribution is -0.126. The molecule has 4 rings (SSSR count). The van der Waals surface area contributed by atoms with Crippen molar-refractivity contribution in [3.63, 3.8) is 0 Å². The van der Waals surface area contributed by atoms with Crippen LogP contribution in [0.5, 0.6) is 0 Å². The summed E-state index contributed by atoms with van der Waals surface area (Å²) in [7, 11) is 1.31. The Labute approximate surface area is 195 Å². The van der Waals surface area contributed by atoms with Crippen molar-refractivity contribution in [2.45, 2.75) is 25.4 Å². The molecule has 1 saturated heterocycles. The van der Waals surface area contributed by atoms with E-state index in [0.717, 1.165) is 26.1 Å². The summed E-state index contributed by atoms with van der Waals surface area (Å²) in [5, 5.41) is 0. The van der Waals surface area contributed by atoms with Gasteiger partial charge in [0.15, 0.2) is 0 Å². The molecule has 0 N–H and O–H groups in total. The van der Waals surface area contributed by atoms with Gasteiger partial charge in [0, 0.05) is 38.1 Å². The van der Waals surface area contributed by atoms with Crippen molar-refractivity contribution < 1.29 is 14.3 Å². The maximum absolute atomic E-state index is 12.9. The Hall–Kier alpha value is -3.51. The van der Waals surface area contributed by atoms with Crippen LogP contribution < -0.4 is 0 Å². The molecule has 6 nitrogen and oxygen atoms in total. The van der Waals surface area contributed by atoms with Gasteiger partial charge in [0.1, 0.15) is 0 Å². The maximum atomic E-state index is 12.9. The lowest BCUT2D eigenvalue weighted by Crippen LogP contribution is -2.55. The average Bonchev–Trinajstić information content (AvgIpc) is 2.90. The van der Waals surface area contributed by atoms with E-state index in [-0.39, 0.29) is 11.9 Å². The van der Waals surface area contributed by atoms with E-state index in [2.05, 4.69) is 82.2 Å². The van der Waals surface area contributed by atoms with Gasteiger partial charge in [-0.25, -0.2) is 0 Å². The van der Waals surface area contributed by atoms with E-state index < -0.39 is 0 Å². The first kappa shape index (κ1) is 24.1. The van der Waals surface area contributed by atoms with Crippen LogP contribution in [0.3, 0.4) is 0 Å². The molecule has 172 valence electrons. The van der Waals surface area contributed by atoms with Gasteiger partial charge in [-0.05, 0) is 29.7 Å². The fraction of sp³-hybridized carbons (Fsp3) is 0.296. The van der Waals surface area contributed by atoms with Crippen molar-refractivity contribution >= 4 is 12.4 Å². The van der Waals surface area contributed by atoms with Crippen LogP contribution in [0.4, 0.5) is 0 Å². The van der Waals surface area contributed by atoms with Gasteiger partial charge >= 0.3 is 0 Å². The van der Waals surface area contributed by atoms with E-state index in [9.17, 15) is 4.79 Å². The van der Waals surface area contributed by atoms with Gasteiger partial charge in [-0.3, -0.25) is 19.5 Å². The summed E-state index contributed by atoms with van der Waals surface area (Å²) < 4.78 is 3.86. The van der Waals surface area contributed by atoms with E-state index in [1.807, 2.05) is 17.0 Å². The molecule has 2 heterocycles. The first-order chi connectivity index (χ1) is 16.2. The average molecular weight is 446 g/mol. The Morgan fingerprint density at radius 1 is 1.03 bits per heavy atom. The van der Waals surface area contributed by atoms with Gasteiger partial charge in [0.05, 0.1) is 18.7 Å². The topological polar surface area (TPSA) is 62.7 Å². The number of nitrogens with zero attached hydrogens (tertiary/aromatic N) is 3. The number of carbonyl (C=O) groups is 2. The van der Waals surface area contributed by atoms with Gasteiger partial charge in [-0.15, -0.1) is 0 Å². The van der Waals surface area contributed by atoms with Gasteiger partial charge in [0.2, 0.25) is 0 Å². The minimum atomic E-state index is 0.0761. The standard InChI is InChI=1S/C25H27N3O.C2H4O2/c1-2-23-19-27(25(29)22-14-9-15-26-18-22)16-17-28(23)24(20-10-5-3-6-11-20)21-12-7-4-8-13-21;1-4-2-3/h3-15,18,23-24H,2,16-17,19H2,1H3;2H,1H3. The quantitative estimate of drug-likeness (QED) is 0.532. The molecule has 1 amide bonds. The summed E-state index contributed by atoms with van der Waals surface area (Å²) >= 11 is 0. The fourth-order valence-corrected chi connectivity index (χ4v) is 4.28. The first-order valence-electron chi connectivity index (χ1n) is 11.2. The highest BCUT2D eigenvalue weighted by Gasteiger charge is 2.34. The Morgan fingerprint density at radius 2 is 1.64 bits per heavy atom. The van der Waals surface area contributed by atoms with Crippen molar-refractivity contribution in [2.75, 3.05) is 26.7 Å². The van der Waals surface area contributed by atoms with E-state index in [0.29, 0.717) is 18.1 Å².